The van der Waals surface area contributed by atoms with Gasteiger partial charge >= 0.3 is 0 Å². The van der Waals surface area contributed by atoms with Crippen LogP contribution in [-0.2, 0) is 0 Å². The highest BCUT2D eigenvalue weighted by Gasteiger charge is 2.23. The third kappa shape index (κ3) is 3.73. The van der Waals surface area contributed by atoms with Gasteiger partial charge in [0.15, 0.2) is 0 Å². The summed E-state index contributed by atoms with van der Waals surface area (Å²) in [5, 5.41) is 3.76. The third-order valence-electron chi connectivity index (χ3n) is 4.31. The Labute approximate surface area is 117 Å². The maximum Gasteiger partial charge on any atom is 0.124 e. The van der Waals surface area contributed by atoms with Crippen LogP contribution in [0.15, 0.2) is 24.3 Å². The highest BCUT2D eigenvalue weighted by molar-refractivity contribution is 5.35. The number of rotatable bonds is 6. The third-order valence-corrected chi connectivity index (χ3v) is 4.31. The van der Waals surface area contributed by atoms with Gasteiger partial charge in [-0.2, -0.15) is 0 Å². The fourth-order valence-corrected chi connectivity index (χ4v) is 3.20. The first-order valence-corrected chi connectivity index (χ1v) is 7.70. The minimum Gasteiger partial charge on any atom is -0.494 e. The summed E-state index contributed by atoms with van der Waals surface area (Å²) in [6.45, 7) is 7.33. The minimum atomic E-state index is 0.346. The average Bonchev–Trinajstić information content (AvgIpc) is 2.93. The molecule has 0 aliphatic heterocycles. The van der Waals surface area contributed by atoms with Gasteiger partial charge in [0, 0.05) is 17.6 Å². The van der Waals surface area contributed by atoms with Crippen LogP contribution in [0.25, 0.3) is 0 Å². The Morgan fingerprint density at radius 3 is 2.58 bits per heavy atom. The van der Waals surface area contributed by atoms with Gasteiger partial charge < -0.3 is 10.1 Å². The quantitative estimate of drug-likeness (QED) is 0.823. The van der Waals surface area contributed by atoms with E-state index in [2.05, 4.69) is 37.4 Å². The van der Waals surface area contributed by atoms with E-state index < -0.39 is 0 Å². The van der Waals surface area contributed by atoms with E-state index in [1.54, 1.807) is 0 Å². The second kappa shape index (κ2) is 6.95. The molecule has 1 fully saturated rings. The highest BCUT2D eigenvalue weighted by Crippen LogP contribution is 2.30. The zero-order chi connectivity index (χ0) is 13.7. The van der Waals surface area contributed by atoms with Crippen molar-refractivity contribution in [2.24, 2.45) is 5.92 Å². The molecule has 19 heavy (non-hydrogen) atoms. The fraction of sp³-hybridized carbons (Fsp3) is 0.647. The summed E-state index contributed by atoms with van der Waals surface area (Å²) in [6, 6.07) is 9.31. The Bertz CT molecular complexity index is 385. The molecule has 2 nitrogen and oxygen atoms in total. The minimum absolute atomic E-state index is 0.346. The summed E-state index contributed by atoms with van der Waals surface area (Å²) in [5.41, 5.74) is 1.27. The van der Waals surface area contributed by atoms with Crippen LogP contribution < -0.4 is 10.1 Å². The normalized spacial score (nSPS) is 19.3. The second-order valence-corrected chi connectivity index (χ2v) is 5.69. The maximum atomic E-state index is 5.73. The van der Waals surface area contributed by atoms with Crippen LogP contribution in [0.4, 0.5) is 0 Å². The van der Waals surface area contributed by atoms with Crippen LogP contribution in [-0.4, -0.2) is 12.6 Å². The Kier molecular flexibility index (Phi) is 5.26. The molecular formula is C17H27NO. The molecule has 0 radical (unpaired) electrons. The van der Waals surface area contributed by atoms with Gasteiger partial charge in [0.2, 0.25) is 0 Å². The van der Waals surface area contributed by atoms with Gasteiger partial charge in [-0.3, -0.25) is 0 Å². The predicted octanol–water partition coefficient (Wildman–Crippen LogP) is 4.31. The molecule has 1 aromatic carbocycles. The molecule has 1 saturated carbocycles. The fourth-order valence-electron chi connectivity index (χ4n) is 3.20. The van der Waals surface area contributed by atoms with Crippen molar-refractivity contribution in [3.8, 4) is 5.75 Å². The van der Waals surface area contributed by atoms with E-state index in [-0.39, 0.29) is 0 Å². The number of benzene rings is 1. The molecule has 2 heteroatoms. The van der Waals surface area contributed by atoms with Crippen molar-refractivity contribution in [1.29, 1.82) is 0 Å². The van der Waals surface area contributed by atoms with Crippen LogP contribution in [0.5, 0.6) is 5.75 Å². The zero-order valence-electron chi connectivity index (χ0n) is 12.5. The van der Waals surface area contributed by atoms with Crippen molar-refractivity contribution < 1.29 is 4.74 Å². The van der Waals surface area contributed by atoms with Crippen molar-refractivity contribution in [2.75, 3.05) is 6.61 Å². The van der Waals surface area contributed by atoms with Crippen LogP contribution in [0.2, 0.25) is 0 Å². The monoisotopic (exact) mass is 261 g/mol. The van der Waals surface area contributed by atoms with Gasteiger partial charge in [-0.25, -0.2) is 0 Å². The van der Waals surface area contributed by atoms with Crippen LogP contribution >= 0.6 is 0 Å². The largest absolute Gasteiger partial charge is 0.494 e. The van der Waals surface area contributed by atoms with Gasteiger partial charge in [0.05, 0.1) is 6.61 Å². The first-order valence-electron chi connectivity index (χ1n) is 7.70. The lowest BCUT2D eigenvalue weighted by molar-refractivity contribution is 0.320. The van der Waals surface area contributed by atoms with Crippen molar-refractivity contribution in [3.05, 3.63) is 29.8 Å². The molecule has 0 amide bonds. The van der Waals surface area contributed by atoms with E-state index >= 15 is 0 Å². The number of hydrogen-bond donors (Lipinski definition) is 1. The molecule has 0 saturated heterocycles. The van der Waals surface area contributed by atoms with Gasteiger partial charge in [-0.05, 0) is 45.6 Å². The van der Waals surface area contributed by atoms with Crippen LogP contribution in [0, 0.1) is 5.92 Å². The standard InChI is InChI=1S/C17H27NO/c1-4-19-17-12-8-7-11-16(17)14(3)18-13(2)15-9-5-6-10-15/h7-8,11-15,18H,4-6,9-10H2,1-3H3. The van der Waals surface area contributed by atoms with Gasteiger partial charge in [0.25, 0.3) is 0 Å². The van der Waals surface area contributed by atoms with E-state index in [1.807, 2.05) is 13.0 Å². The molecule has 106 valence electrons. The second-order valence-electron chi connectivity index (χ2n) is 5.69. The summed E-state index contributed by atoms with van der Waals surface area (Å²) in [5.74, 6) is 1.87. The van der Waals surface area contributed by atoms with Crippen LogP contribution in [0.3, 0.4) is 0 Å². The molecule has 0 heterocycles. The molecule has 1 N–H and O–H groups in total. The van der Waals surface area contributed by atoms with Crippen molar-refractivity contribution in [2.45, 2.75) is 58.5 Å². The van der Waals surface area contributed by atoms with Crippen molar-refractivity contribution >= 4 is 0 Å². The Morgan fingerprint density at radius 2 is 1.89 bits per heavy atom. The van der Waals surface area contributed by atoms with E-state index in [0.29, 0.717) is 12.1 Å². The molecular weight excluding hydrogens is 234 g/mol. The molecule has 2 atom stereocenters. The molecule has 1 aliphatic carbocycles. The lowest BCUT2D eigenvalue weighted by atomic mass is 9.97. The summed E-state index contributed by atoms with van der Waals surface area (Å²) >= 11 is 0. The summed E-state index contributed by atoms with van der Waals surface area (Å²) < 4.78 is 5.73. The van der Waals surface area contributed by atoms with E-state index in [0.717, 1.165) is 18.3 Å². The Hall–Kier alpha value is -1.02. The highest BCUT2D eigenvalue weighted by atomic mass is 16.5. The van der Waals surface area contributed by atoms with E-state index in [4.69, 9.17) is 4.74 Å². The Balaban J connectivity index is 2.00. The molecule has 1 aliphatic rings. The molecule has 2 unspecified atom stereocenters. The summed E-state index contributed by atoms with van der Waals surface area (Å²) in [4.78, 5) is 0. The predicted molar refractivity (Wildman–Crippen MR) is 80.6 cm³/mol. The first kappa shape index (κ1) is 14.4. The topological polar surface area (TPSA) is 21.3 Å². The number of para-hydroxylation sites is 1. The zero-order valence-corrected chi connectivity index (χ0v) is 12.5. The summed E-state index contributed by atoms with van der Waals surface area (Å²) in [6.07, 6.45) is 5.57. The summed E-state index contributed by atoms with van der Waals surface area (Å²) in [7, 11) is 0. The van der Waals surface area contributed by atoms with Crippen LogP contribution in [0.1, 0.15) is 58.1 Å². The molecule has 0 bridgehead atoms. The maximum absolute atomic E-state index is 5.73. The number of nitrogens with one attached hydrogen (secondary N) is 1. The number of hydrogen-bond acceptors (Lipinski definition) is 2. The van der Waals surface area contributed by atoms with E-state index in [1.165, 1.54) is 31.2 Å². The van der Waals surface area contributed by atoms with Gasteiger partial charge in [-0.1, -0.05) is 31.0 Å². The average molecular weight is 261 g/mol. The van der Waals surface area contributed by atoms with Gasteiger partial charge in [-0.15, -0.1) is 0 Å². The van der Waals surface area contributed by atoms with Gasteiger partial charge in [0.1, 0.15) is 5.75 Å². The van der Waals surface area contributed by atoms with E-state index in [9.17, 15) is 0 Å². The smallest absolute Gasteiger partial charge is 0.124 e. The number of ether oxygens (including phenoxy) is 1. The first-order chi connectivity index (χ1) is 9.22. The molecule has 2 rings (SSSR count). The molecule has 0 aromatic heterocycles. The lowest BCUT2D eigenvalue weighted by Crippen LogP contribution is -2.34. The molecule has 0 spiro atoms. The van der Waals surface area contributed by atoms with Crippen molar-refractivity contribution in [1.82, 2.24) is 5.32 Å². The lowest BCUT2D eigenvalue weighted by Gasteiger charge is -2.26. The Morgan fingerprint density at radius 1 is 1.21 bits per heavy atom. The molecule has 1 aromatic rings. The van der Waals surface area contributed by atoms with Crippen molar-refractivity contribution in [3.63, 3.8) is 0 Å². The SMILES string of the molecule is CCOc1ccccc1C(C)NC(C)C1CCCC1.